The van der Waals surface area contributed by atoms with Crippen LogP contribution in [-0.2, 0) is 10.0 Å². The minimum Gasteiger partial charge on any atom is -0.383 e. The average molecular weight is 378 g/mol. The second-order valence-corrected chi connectivity index (χ2v) is 8.83. The molecule has 0 unspecified atom stereocenters. The van der Waals surface area contributed by atoms with Crippen LogP contribution in [0.4, 0.5) is 0 Å². The van der Waals surface area contributed by atoms with Gasteiger partial charge in [-0.05, 0) is 37.1 Å². The Morgan fingerprint density at radius 2 is 1.68 bits per heavy atom. The standard InChI is InChI=1S/C19H20ClNO3S/c1-14-8-10-16(11-9-14)25(23,24)21-12-17(15-6-4-3-5-7-15)18(20)19(2,22)13-21/h3-11,22H,12-13H2,1-2H3/t19-/m0/s1. The molecule has 0 saturated heterocycles. The molecule has 0 aromatic heterocycles. The van der Waals surface area contributed by atoms with Crippen LogP contribution in [0.25, 0.3) is 5.57 Å². The smallest absolute Gasteiger partial charge is 0.243 e. The molecule has 1 atom stereocenters. The molecular weight excluding hydrogens is 358 g/mol. The third-order valence-corrected chi connectivity index (χ3v) is 6.78. The fourth-order valence-corrected chi connectivity index (χ4v) is 4.65. The number of benzene rings is 2. The zero-order chi connectivity index (χ0) is 18.2. The Bertz CT molecular complexity index is 903. The van der Waals surface area contributed by atoms with Crippen LogP contribution in [-0.4, -0.2) is 36.5 Å². The number of sulfonamides is 1. The van der Waals surface area contributed by atoms with Crippen molar-refractivity contribution < 1.29 is 13.5 Å². The van der Waals surface area contributed by atoms with Gasteiger partial charge in [0.15, 0.2) is 0 Å². The second kappa shape index (κ2) is 6.57. The van der Waals surface area contributed by atoms with Gasteiger partial charge in [-0.2, -0.15) is 4.31 Å². The maximum absolute atomic E-state index is 13.0. The van der Waals surface area contributed by atoms with Crippen LogP contribution in [0, 0.1) is 6.92 Å². The highest BCUT2D eigenvalue weighted by atomic mass is 35.5. The number of halogens is 1. The number of β-amino-alcohol motifs (C(OH)–C–C–N with tert-alkyl or cyclic N) is 1. The monoisotopic (exact) mass is 377 g/mol. The van der Waals surface area contributed by atoms with Gasteiger partial charge in [0.1, 0.15) is 5.60 Å². The predicted octanol–water partition coefficient (Wildman–Crippen LogP) is 3.40. The van der Waals surface area contributed by atoms with Crippen molar-refractivity contribution in [1.82, 2.24) is 4.31 Å². The van der Waals surface area contributed by atoms with Gasteiger partial charge in [-0.25, -0.2) is 8.42 Å². The van der Waals surface area contributed by atoms with Crippen LogP contribution < -0.4 is 0 Å². The zero-order valence-corrected chi connectivity index (χ0v) is 15.7. The highest BCUT2D eigenvalue weighted by molar-refractivity contribution is 7.89. The molecule has 4 nitrogen and oxygen atoms in total. The Hall–Kier alpha value is -1.66. The van der Waals surface area contributed by atoms with E-state index in [9.17, 15) is 13.5 Å². The van der Waals surface area contributed by atoms with Crippen molar-refractivity contribution in [2.75, 3.05) is 13.1 Å². The van der Waals surface area contributed by atoms with Gasteiger partial charge in [-0.3, -0.25) is 0 Å². The maximum atomic E-state index is 13.0. The summed E-state index contributed by atoms with van der Waals surface area (Å²) in [6.45, 7) is 3.47. The van der Waals surface area contributed by atoms with Crippen LogP contribution in [0.5, 0.6) is 0 Å². The minimum atomic E-state index is -3.73. The van der Waals surface area contributed by atoms with E-state index in [0.29, 0.717) is 5.57 Å². The van der Waals surface area contributed by atoms with Crippen LogP contribution in [0.3, 0.4) is 0 Å². The van der Waals surface area contributed by atoms with E-state index in [1.807, 2.05) is 37.3 Å². The van der Waals surface area contributed by atoms with Crippen molar-refractivity contribution >= 4 is 27.2 Å². The molecule has 132 valence electrons. The van der Waals surface area contributed by atoms with E-state index >= 15 is 0 Å². The number of rotatable bonds is 3. The first kappa shape index (κ1) is 18.1. The minimum absolute atomic E-state index is 0.0849. The van der Waals surface area contributed by atoms with Gasteiger partial charge in [0, 0.05) is 13.1 Å². The lowest BCUT2D eigenvalue weighted by molar-refractivity contribution is 0.0801. The normalized spacial score (nSPS) is 22.2. The number of aryl methyl sites for hydroxylation is 1. The third kappa shape index (κ3) is 3.51. The largest absolute Gasteiger partial charge is 0.383 e. The van der Waals surface area contributed by atoms with Gasteiger partial charge in [0.25, 0.3) is 0 Å². The molecule has 1 heterocycles. The van der Waals surface area contributed by atoms with E-state index in [0.717, 1.165) is 11.1 Å². The van der Waals surface area contributed by atoms with E-state index < -0.39 is 15.6 Å². The molecular formula is C19H20ClNO3S. The SMILES string of the molecule is Cc1ccc(S(=O)(=O)N2CC(c3ccccc3)=C(Cl)[C@@](C)(O)C2)cc1. The van der Waals surface area contributed by atoms with E-state index in [2.05, 4.69) is 0 Å². The van der Waals surface area contributed by atoms with Crippen molar-refractivity contribution in [3.8, 4) is 0 Å². The molecule has 3 rings (SSSR count). The Morgan fingerprint density at radius 1 is 1.08 bits per heavy atom. The Balaban J connectivity index is 2.04. The predicted molar refractivity (Wildman–Crippen MR) is 99.8 cm³/mol. The average Bonchev–Trinajstić information content (AvgIpc) is 2.58. The molecule has 1 N–H and O–H groups in total. The Labute approximate surface area is 153 Å². The topological polar surface area (TPSA) is 57.6 Å². The molecule has 0 aliphatic carbocycles. The first-order valence-corrected chi connectivity index (χ1v) is 9.77. The van der Waals surface area contributed by atoms with E-state index in [1.54, 1.807) is 24.3 Å². The quantitative estimate of drug-likeness (QED) is 0.891. The van der Waals surface area contributed by atoms with Crippen molar-refractivity contribution in [3.63, 3.8) is 0 Å². The van der Waals surface area contributed by atoms with E-state index in [-0.39, 0.29) is 23.0 Å². The number of hydrogen-bond donors (Lipinski definition) is 1. The molecule has 0 bridgehead atoms. The summed E-state index contributed by atoms with van der Waals surface area (Å²) in [6, 6.07) is 16.0. The highest BCUT2D eigenvalue weighted by Crippen LogP contribution is 2.37. The van der Waals surface area contributed by atoms with Gasteiger partial charge >= 0.3 is 0 Å². The van der Waals surface area contributed by atoms with Crippen molar-refractivity contribution in [2.24, 2.45) is 0 Å². The molecule has 2 aromatic rings. The van der Waals surface area contributed by atoms with Crippen LogP contribution >= 0.6 is 11.6 Å². The molecule has 0 fully saturated rings. The third-order valence-electron chi connectivity index (χ3n) is 4.34. The summed E-state index contributed by atoms with van der Waals surface area (Å²) >= 11 is 6.40. The van der Waals surface area contributed by atoms with E-state index in [1.165, 1.54) is 11.2 Å². The van der Waals surface area contributed by atoms with Gasteiger partial charge in [0.05, 0.1) is 9.93 Å². The second-order valence-electron chi connectivity index (χ2n) is 6.52. The first-order chi connectivity index (χ1) is 11.7. The van der Waals surface area contributed by atoms with Crippen LogP contribution in [0.1, 0.15) is 18.1 Å². The lowest BCUT2D eigenvalue weighted by Crippen LogP contribution is -2.48. The zero-order valence-electron chi connectivity index (χ0n) is 14.1. The summed E-state index contributed by atoms with van der Waals surface area (Å²) in [7, 11) is -3.73. The van der Waals surface area contributed by atoms with Crippen molar-refractivity contribution in [3.05, 3.63) is 70.8 Å². The summed E-state index contributed by atoms with van der Waals surface area (Å²) in [4.78, 5) is 0.208. The number of aliphatic hydroxyl groups is 1. The van der Waals surface area contributed by atoms with Gasteiger partial charge in [-0.1, -0.05) is 59.6 Å². The summed E-state index contributed by atoms with van der Waals surface area (Å²) in [5, 5.41) is 11.0. The van der Waals surface area contributed by atoms with Crippen molar-refractivity contribution in [1.29, 1.82) is 0 Å². The molecule has 25 heavy (non-hydrogen) atoms. The number of nitrogens with zero attached hydrogens (tertiary/aromatic N) is 1. The highest BCUT2D eigenvalue weighted by Gasteiger charge is 2.40. The lowest BCUT2D eigenvalue weighted by Gasteiger charge is -2.37. The summed E-state index contributed by atoms with van der Waals surface area (Å²) in [5.41, 5.74) is 0.964. The Kier molecular flexibility index (Phi) is 4.77. The lowest BCUT2D eigenvalue weighted by atomic mass is 9.94. The Morgan fingerprint density at radius 3 is 2.28 bits per heavy atom. The van der Waals surface area contributed by atoms with Crippen LogP contribution in [0.15, 0.2) is 64.5 Å². The molecule has 2 aromatic carbocycles. The summed E-state index contributed by atoms with van der Waals surface area (Å²) < 4.78 is 27.3. The molecule has 0 radical (unpaired) electrons. The molecule has 1 aliphatic rings. The molecule has 6 heteroatoms. The maximum Gasteiger partial charge on any atom is 0.243 e. The fraction of sp³-hybridized carbons (Fsp3) is 0.263. The number of hydrogen-bond acceptors (Lipinski definition) is 3. The molecule has 0 saturated carbocycles. The van der Waals surface area contributed by atoms with Gasteiger partial charge < -0.3 is 5.11 Å². The summed E-state index contributed by atoms with van der Waals surface area (Å²) in [5.74, 6) is 0. The molecule has 0 spiro atoms. The van der Waals surface area contributed by atoms with Gasteiger partial charge in [0.2, 0.25) is 10.0 Å². The van der Waals surface area contributed by atoms with E-state index in [4.69, 9.17) is 11.6 Å². The van der Waals surface area contributed by atoms with Crippen LogP contribution in [0.2, 0.25) is 0 Å². The molecule has 1 aliphatic heterocycles. The summed E-state index contributed by atoms with van der Waals surface area (Å²) in [6.07, 6.45) is 0. The molecule has 0 amide bonds. The van der Waals surface area contributed by atoms with Gasteiger partial charge in [-0.15, -0.1) is 0 Å². The first-order valence-electron chi connectivity index (χ1n) is 7.95. The van der Waals surface area contributed by atoms with Crippen molar-refractivity contribution in [2.45, 2.75) is 24.3 Å². The fourth-order valence-electron chi connectivity index (χ4n) is 2.93.